The van der Waals surface area contributed by atoms with Crippen molar-refractivity contribution < 1.29 is 0 Å². The number of hydrogen-bond acceptors (Lipinski definition) is 2. The second kappa shape index (κ2) is 3.77. The van der Waals surface area contributed by atoms with Crippen LogP contribution in [-0.2, 0) is 0 Å². The smallest absolute Gasteiger partial charge is 0.277 e. The van der Waals surface area contributed by atoms with E-state index in [1.807, 2.05) is 19.9 Å². The third kappa shape index (κ3) is 1.64. The van der Waals surface area contributed by atoms with Crippen LogP contribution in [0.15, 0.2) is 17.1 Å². The monoisotopic (exact) mass is 219 g/mol. The average Bonchev–Trinajstić information content (AvgIpc) is 2.62. The molecule has 0 aliphatic carbocycles. The van der Waals surface area contributed by atoms with Gasteiger partial charge >= 0.3 is 0 Å². The molecule has 0 fully saturated rings. The number of nitrogens with zero attached hydrogens (tertiary/aromatic N) is 2. The van der Waals surface area contributed by atoms with E-state index < -0.39 is 0 Å². The maximum Gasteiger partial charge on any atom is 0.277 e. The first-order chi connectivity index (χ1) is 7.50. The standard InChI is InChI=1S/C12H17N3O/c1-7(2)9-6-13-11-5-10(8(3)4)14-15(11)12(9)16/h5-8,13H,1-4H3. The lowest BCUT2D eigenvalue weighted by Crippen LogP contribution is -2.20. The van der Waals surface area contributed by atoms with E-state index in [-0.39, 0.29) is 11.5 Å². The average molecular weight is 219 g/mol. The zero-order valence-electron chi connectivity index (χ0n) is 10.1. The molecule has 2 aromatic heterocycles. The normalized spacial score (nSPS) is 11.9. The minimum atomic E-state index is -0.0179. The third-order valence-electron chi connectivity index (χ3n) is 2.76. The van der Waals surface area contributed by atoms with Crippen molar-refractivity contribution in [2.75, 3.05) is 0 Å². The van der Waals surface area contributed by atoms with Gasteiger partial charge in [-0.3, -0.25) is 4.79 Å². The first-order valence-corrected chi connectivity index (χ1v) is 5.62. The van der Waals surface area contributed by atoms with Crippen molar-refractivity contribution >= 4 is 5.65 Å². The highest BCUT2D eigenvalue weighted by Gasteiger charge is 2.11. The molecule has 0 amide bonds. The van der Waals surface area contributed by atoms with Crippen LogP contribution in [-0.4, -0.2) is 14.6 Å². The van der Waals surface area contributed by atoms with Crippen molar-refractivity contribution in [3.8, 4) is 0 Å². The fraction of sp³-hybridized carbons (Fsp3) is 0.500. The molecule has 0 spiro atoms. The predicted octanol–water partition coefficient (Wildman–Crippen LogP) is 2.27. The van der Waals surface area contributed by atoms with Crippen LogP contribution in [0.2, 0.25) is 0 Å². The second-order valence-corrected chi connectivity index (χ2v) is 4.72. The Bertz CT molecular complexity index is 563. The van der Waals surface area contributed by atoms with E-state index in [2.05, 4.69) is 23.9 Å². The van der Waals surface area contributed by atoms with Crippen molar-refractivity contribution in [2.45, 2.75) is 39.5 Å². The van der Waals surface area contributed by atoms with Crippen molar-refractivity contribution in [2.24, 2.45) is 0 Å². The van der Waals surface area contributed by atoms with Gasteiger partial charge in [-0.2, -0.15) is 9.61 Å². The van der Waals surface area contributed by atoms with Gasteiger partial charge in [0.2, 0.25) is 0 Å². The van der Waals surface area contributed by atoms with E-state index >= 15 is 0 Å². The van der Waals surface area contributed by atoms with Gasteiger partial charge in [-0.15, -0.1) is 0 Å². The first-order valence-electron chi connectivity index (χ1n) is 5.62. The topological polar surface area (TPSA) is 50.2 Å². The van der Waals surface area contributed by atoms with Crippen LogP contribution < -0.4 is 5.56 Å². The van der Waals surface area contributed by atoms with Crippen molar-refractivity contribution in [1.29, 1.82) is 0 Å². The van der Waals surface area contributed by atoms with Gasteiger partial charge in [-0.1, -0.05) is 27.7 Å². The zero-order valence-corrected chi connectivity index (χ0v) is 10.1. The van der Waals surface area contributed by atoms with Crippen LogP contribution in [0, 0.1) is 0 Å². The lowest BCUT2D eigenvalue weighted by Gasteiger charge is -2.03. The quantitative estimate of drug-likeness (QED) is 0.842. The number of hydrogen-bond donors (Lipinski definition) is 1. The minimum absolute atomic E-state index is 0.0179. The Labute approximate surface area is 94.3 Å². The molecule has 2 heterocycles. The molecule has 0 aromatic carbocycles. The molecule has 16 heavy (non-hydrogen) atoms. The van der Waals surface area contributed by atoms with Crippen molar-refractivity contribution in [3.63, 3.8) is 0 Å². The van der Waals surface area contributed by atoms with Crippen LogP contribution >= 0.6 is 0 Å². The summed E-state index contributed by atoms with van der Waals surface area (Å²) in [5, 5.41) is 4.33. The predicted molar refractivity (Wildman–Crippen MR) is 64.0 cm³/mol. The summed E-state index contributed by atoms with van der Waals surface area (Å²) in [5.41, 5.74) is 2.45. The van der Waals surface area contributed by atoms with E-state index in [0.29, 0.717) is 5.92 Å². The van der Waals surface area contributed by atoms with Crippen LogP contribution in [0.25, 0.3) is 5.65 Å². The zero-order chi connectivity index (χ0) is 11.9. The van der Waals surface area contributed by atoms with Crippen molar-refractivity contribution in [1.82, 2.24) is 14.6 Å². The number of fused-ring (bicyclic) bond motifs is 1. The fourth-order valence-corrected chi connectivity index (χ4v) is 1.69. The number of rotatable bonds is 2. The molecular weight excluding hydrogens is 202 g/mol. The summed E-state index contributed by atoms with van der Waals surface area (Å²) >= 11 is 0. The van der Waals surface area contributed by atoms with E-state index in [9.17, 15) is 4.79 Å². The number of aromatic nitrogens is 3. The van der Waals surface area contributed by atoms with Gasteiger partial charge in [0.05, 0.1) is 5.69 Å². The molecule has 2 rings (SSSR count). The van der Waals surface area contributed by atoms with E-state index in [1.54, 1.807) is 6.20 Å². The second-order valence-electron chi connectivity index (χ2n) is 4.72. The van der Waals surface area contributed by atoms with Gasteiger partial charge in [0, 0.05) is 17.8 Å². The fourth-order valence-electron chi connectivity index (χ4n) is 1.69. The molecule has 0 aliphatic heterocycles. The molecule has 4 heteroatoms. The van der Waals surface area contributed by atoms with Crippen LogP contribution in [0.3, 0.4) is 0 Å². The van der Waals surface area contributed by atoms with E-state index in [4.69, 9.17) is 0 Å². The molecule has 0 unspecified atom stereocenters. The largest absolute Gasteiger partial charge is 0.346 e. The van der Waals surface area contributed by atoms with Gasteiger partial charge in [0.15, 0.2) is 0 Å². The summed E-state index contributed by atoms with van der Waals surface area (Å²) in [6.45, 7) is 8.14. The SMILES string of the molecule is CC(C)c1cc2[nH]cc(C(C)C)c(=O)n2n1. The summed E-state index contributed by atoms with van der Waals surface area (Å²) in [5.74, 6) is 0.537. The third-order valence-corrected chi connectivity index (χ3v) is 2.76. The number of nitrogens with one attached hydrogen (secondary N) is 1. The van der Waals surface area contributed by atoms with Gasteiger partial charge in [0.1, 0.15) is 5.65 Å². The Morgan fingerprint density at radius 3 is 2.50 bits per heavy atom. The maximum absolute atomic E-state index is 12.1. The van der Waals surface area contributed by atoms with Crippen molar-refractivity contribution in [3.05, 3.63) is 33.9 Å². The van der Waals surface area contributed by atoms with Gasteiger partial charge < -0.3 is 4.98 Å². The van der Waals surface area contributed by atoms with Gasteiger partial charge in [-0.25, -0.2) is 0 Å². The summed E-state index contributed by atoms with van der Waals surface area (Å²) in [6, 6.07) is 1.93. The highest BCUT2D eigenvalue weighted by Crippen LogP contribution is 2.14. The first kappa shape index (κ1) is 10.9. The summed E-state index contributed by atoms with van der Waals surface area (Å²) in [7, 11) is 0. The highest BCUT2D eigenvalue weighted by atomic mass is 16.1. The van der Waals surface area contributed by atoms with E-state index in [1.165, 1.54) is 4.52 Å². The maximum atomic E-state index is 12.1. The molecule has 0 saturated carbocycles. The molecule has 0 saturated heterocycles. The highest BCUT2D eigenvalue weighted by molar-refractivity contribution is 5.40. The lowest BCUT2D eigenvalue weighted by molar-refractivity contribution is 0.754. The summed E-state index contributed by atoms with van der Waals surface area (Å²) < 4.78 is 1.46. The molecule has 1 N–H and O–H groups in total. The Kier molecular flexibility index (Phi) is 2.58. The van der Waals surface area contributed by atoms with Crippen LogP contribution in [0.1, 0.15) is 50.8 Å². The Morgan fingerprint density at radius 2 is 1.94 bits per heavy atom. The van der Waals surface area contributed by atoms with Gasteiger partial charge in [0.25, 0.3) is 5.56 Å². The summed E-state index contributed by atoms with van der Waals surface area (Å²) in [6.07, 6.45) is 1.79. The van der Waals surface area contributed by atoms with E-state index in [0.717, 1.165) is 16.9 Å². The molecule has 4 nitrogen and oxygen atoms in total. The molecule has 0 radical (unpaired) electrons. The number of aromatic amines is 1. The van der Waals surface area contributed by atoms with Gasteiger partial charge in [-0.05, 0) is 11.8 Å². The Morgan fingerprint density at radius 1 is 1.25 bits per heavy atom. The molecular formula is C12H17N3O. The minimum Gasteiger partial charge on any atom is -0.346 e. The Balaban J connectivity index is 2.70. The Hall–Kier alpha value is -1.58. The molecule has 0 bridgehead atoms. The molecule has 0 aliphatic rings. The van der Waals surface area contributed by atoms with Crippen LogP contribution in [0.5, 0.6) is 0 Å². The van der Waals surface area contributed by atoms with Crippen LogP contribution in [0.4, 0.5) is 0 Å². The molecule has 86 valence electrons. The molecule has 2 aromatic rings. The number of H-pyrrole nitrogens is 1. The molecule has 0 atom stereocenters. The lowest BCUT2D eigenvalue weighted by atomic mass is 10.1. The summed E-state index contributed by atoms with van der Waals surface area (Å²) in [4.78, 5) is 15.2.